The number of methoxy groups -OCH3 is 1. The molecular weight excluding hydrogens is 476 g/mol. The predicted molar refractivity (Wildman–Crippen MR) is 132 cm³/mol. The van der Waals surface area contributed by atoms with Crippen LogP contribution in [0.3, 0.4) is 0 Å². The molecule has 6 rings (SSSR count). The summed E-state index contributed by atoms with van der Waals surface area (Å²) in [5, 5.41) is 3.05. The van der Waals surface area contributed by atoms with E-state index in [4.69, 9.17) is 23.7 Å². The molecule has 9 heteroatoms. The van der Waals surface area contributed by atoms with Crippen LogP contribution in [0, 0.1) is 5.92 Å². The van der Waals surface area contributed by atoms with Crippen LogP contribution in [-0.4, -0.2) is 50.5 Å². The summed E-state index contributed by atoms with van der Waals surface area (Å²) >= 11 is 0. The van der Waals surface area contributed by atoms with Crippen molar-refractivity contribution in [3.63, 3.8) is 0 Å². The first kappa shape index (κ1) is 23.0. The lowest BCUT2D eigenvalue weighted by Crippen LogP contribution is -2.35. The van der Waals surface area contributed by atoms with Gasteiger partial charge < -0.3 is 33.9 Å². The van der Waals surface area contributed by atoms with Gasteiger partial charge >= 0.3 is 0 Å². The number of likely N-dealkylation sites (tertiary alicyclic amines) is 1. The maximum absolute atomic E-state index is 13.5. The molecule has 37 heavy (non-hydrogen) atoms. The van der Waals surface area contributed by atoms with Gasteiger partial charge in [-0.05, 0) is 47.5 Å². The monoisotopic (exact) mass is 502 g/mol. The molecule has 2 amide bonds. The van der Waals surface area contributed by atoms with Crippen LogP contribution in [0.4, 0.5) is 0 Å². The minimum atomic E-state index is -0.455. The first-order chi connectivity index (χ1) is 18.1. The molecule has 3 aromatic rings. The molecule has 190 valence electrons. The van der Waals surface area contributed by atoms with E-state index in [1.807, 2.05) is 42.5 Å². The van der Waals surface area contributed by atoms with Gasteiger partial charge in [0.25, 0.3) is 5.91 Å². The fraction of sp³-hybridized carbons (Fsp3) is 0.286. The van der Waals surface area contributed by atoms with Crippen LogP contribution in [0.25, 0.3) is 0 Å². The van der Waals surface area contributed by atoms with Crippen molar-refractivity contribution in [2.75, 3.05) is 33.8 Å². The van der Waals surface area contributed by atoms with E-state index in [0.29, 0.717) is 47.4 Å². The van der Waals surface area contributed by atoms with E-state index in [1.54, 1.807) is 30.2 Å². The van der Waals surface area contributed by atoms with Gasteiger partial charge in [0, 0.05) is 31.1 Å². The molecule has 0 bridgehead atoms. The van der Waals surface area contributed by atoms with Crippen LogP contribution in [0.2, 0.25) is 0 Å². The molecule has 3 heterocycles. The molecule has 0 aromatic heterocycles. The normalized spacial score (nSPS) is 19.1. The molecule has 3 aromatic carbocycles. The first-order valence-corrected chi connectivity index (χ1v) is 12.1. The van der Waals surface area contributed by atoms with Gasteiger partial charge in [0.05, 0.1) is 13.0 Å². The highest BCUT2D eigenvalue weighted by atomic mass is 16.7. The van der Waals surface area contributed by atoms with Crippen LogP contribution < -0.4 is 29.0 Å². The zero-order valence-electron chi connectivity index (χ0n) is 20.3. The summed E-state index contributed by atoms with van der Waals surface area (Å²) in [7, 11) is 1.61. The summed E-state index contributed by atoms with van der Waals surface area (Å²) in [5.74, 6) is 2.24. The van der Waals surface area contributed by atoms with Crippen molar-refractivity contribution in [2.45, 2.75) is 12.5 Å². The molecule has 2 atom stereocenters. The van der Waals surface area contributed by atoms with E-state index in [2.05, 4.69) is 5.32 Å². The molecule has 0 saturated carbocycles. The maximum atomic E-state index is 13.5. The third-order valence-electron chi connectivity index (χ3n) is 7.01. The molecule has 9 nitrogen and oxygen atoms in total. The van der Waals surface area contributed by atoms with Crippen LogP contribution in [-0.2, 0) is 11.3 Å². The highest BCUT2D eigenvalue weighted by molar-refractivity contribution is 5.96. The van der Waals surface area contributed by atoms with Gasteiger partial charge in [0.2, 0.25) is 19.5 Å². The average molecular weight is 503 g/mol. The molecule has 0 aliphatic carbocycles. The molecule has 1 N–H and O–H groups in total. The number of para-hydroxylation sites is 1. The molecule has 3 aliphatic rings. The Kier molecular flexibility index (Phi) is 5.96. The Hall–Kier alpha value is -4.40. The van der Waals surface area contributed by atoms with Gasteiger partial charge in [-0.1, -0.05) is 24.3 Å². The van der Waals surface area contributed by atoms with Gasteiger partial charge in [-0.3, -0.25) is 9.59 Å². The predicted octanol–water partition coefficient (Wildman–Crippen LogP) is 3.32. The minimum Gasteiger partial charge on any atom is -0.496 e. The number of nitrogens with one attached hydrogen (secondary N) is 1. The Balaban J connectivity index is 1.23. The lowest BCUT2D eigenvalue weighted by molar-refractivity contribution is -0.125. The number of ether oxygens (including phenoxy) is 5. The third-order valence-corrected chi connectivity index (χ3v) is 7.01. The number of hydrogen-bond donors (Lipinski definition) is 1. The Bertz CT molecular complexity index is 1360. The van der Waals surface area contributed by atoms with E-state index in [-0.39, 0.29) is 37.9 Å². The summed E-state index contributed by atoms with van der Waals surface area (Å²) in [6, 6.07) is 18.4. The number of rotatable bonds is 6. The molecule has 2 unspecified atom stereocenters. The Morgan fingerprint density at radius 3 is 2.38 bits per heavy atom. The Morgan fingerprint density at radius 2 is 1.59 bits per heavy atom. The van der Waals surface area contributed by atoms with Crippen molar-refractivity contribution in [1.82, 2.24) is 10.2 Å². The molecule has 0 spiro atoms. The van der Waals surface area contributed by atoms with Gasteiger partial charge in [-0.15, -0.1) is 0 Å². The second-order valence-electron chi connectivity index (χ2n) is 9.14. The Morgan fingerprint density at radius 1 is 0.892 bits per heavy atom. The van der Waals surface area contributed by atoms with Crippen LogP contribution in [0.15, 0.2) is 60.7 Å². The summed E-state index contributed by atoms with van der Waals surface area (Å²) in [6.45, 7) is 1.33. The highest BCUT2D eigenvalue weighted by Gasteiger charge is 2.41. The van der Waals surface area contributed by atoms with E-state index in [1.165, 1.54) is 0 Å². The largest absolute Gasteiger partial charge is 0.496 e. The van der Waals surface area contributed by atoms with Crippen molar-refractivity contribution in [2.24, 2.45) is 5.92 Å². The van der Waals surface area contributed by atoms with Gasteiger partial charge in [-0.25, -0.2) is 0 Å². The number of amides is 2. The fourth-order valence-electron chi connectivity index (χ4n) is 5.11. The lowest BCUT2D eigenvalue weighted by atomic mass is 9.87. The van der Waals surface area contributed by atoms with Crippen molar-refractivity contribution >= 4 is 11.8 Å². The van der Waals surface area contributed by atoms with Crippen molar-refractivity contribution < 1.29 is 33.3 Å². The average Bonchev–Trinajstić information content (AvgIpc) is 3.70. The summed E-state index contributed by atoms with van der Waals surface area (Å²) in [5.41, 5.74) is 2.29. The number of fused-ring (bicyclic) bond motifs is 2. The second-order valence-corrected chi connectivity index (χ2v) is 9.14. The van der Waals surface area contributed by atoms with E-state index < -0.39 is 5.92 Å². The smallest absolute Gasteiger partial charge is 0.254 e. The maximum Gasteiger partial charge on any atom is 0.254 e. The summed E-state index contributed by atoms with van der Waals surface area (Å²) < 4.78 is 27.2. The van der Waals surface area contributed by atoms with Gasteiger partial charge in [0.1, 0.15) is 5.75 Å². The zero-order valence-corrected chi connectivity index (χ0v) is 20.3. The van der Waals surface area contributed by atoms with E-state index >= 15 is 0 Å². The lowest BCUT2D eigenvalue weighted by Gasteiger charge is -2.20. The zero-order chi connectivity index (χ0) is 25.4. The van der Waals surface area contributed by atoms with Crippen molar-refractivity contribution in [3.8, 4) is 28.7 Å². The fourth-order valence-corrected chi connectivity index (χ4v) is 5.11. The topological polar surface area (TPSA) is 95.6 Å². The molecular formula is C28H26N2O7. The van der Waals surface area contributed by atoms with Crippen LogP contribution >= 0.6 is 0 Å². The molecule has 3 aliphatic heterocycles. The number of nitrogens with zero attached hydrogens (tertiary/aromatic N) is 1. The van der Waals surface area contributed by atoms with E-state index in [9.17, 15) is 9.59 Å². The van der Waals surface area contributed by atoms with Crippen molar-refractivity contribution in [3.05, 3.63) is 77.4 Å². The van der Waals surface area contributed by atoms with E-state index in [0.717, 1.165) is 11.1 Å². The number of benzene rings is 3. The SMILES string of the molecule is COc1ccccc1C1CN(C(=O)c2ccc3c(c2)OCO3)CC1C(=O)NCc1ccc2c(c1)OCO2. The summed E-state index contributed by atoms with van der Waals surface area (Å²) in [6.07, 6.45) is 0. The van der Waals surface area contributed by atoms with Gasteiger partial charge in [-0.2, -0.15) is 0 Å². The number of hydrogen-bond acceptors (Lipinski definition) is 7. The standard InChI is InChI=1S/C28H26N2O7/c1-33-22-5-3-2-4-19(22)20-13-30(28(32)18-7-9-24-26(11-18)37-16-35-24)14-21(20)27(31)29-12-17-6-8-23-25(10-17)36-15-34-23/h2-11,20-21H,12-16H2,1H3,(H,29,31). The molecule has 0 radical (unpaired) electrons. The number of carbonyl (C=O) groups excluding carboxylic acids is 2. The minimum absolute atomic E-state index is 0.130. The highest BCUT2D eigenvalue weighted by Crippen LogP contribution is 2.39. The first-order valence-electron chi connectivity index (χ1n) is 12.1. The van der Waals surface area contributed by atoms with Crippen LogP contribution in [0.1, 0.15) is 27.4 Å². The quantitative estimate of drug-likeness (QED) is 0.553. The number of carbonyl (C=O) groups is 2. The van der Waals surface area contributed by atoms with Crippen molar-refractivity contribution in [1.29, 1.82) is 0 Å². The molecule has 1 fully saturated rings. The Labute approximate surface area is 213 Å². The second kappa shape index (κ2) is 9.57. The third kappa shape index (κ3) is 4.37. The van der Waals surface area contributed by atoms with Gasteiger partial charge in [0.15, 0.2) is 23.0 Å². The summed E-state index contributed by atoms with van der Waals surface area (Å²) in [4.78, 5) is 28.7. The molecule has 1 saturated heterocycles. The van der Waals surface area contributed by atoms with Crippen LogP contribution in [0.5, 0.6) is 28.7 Å².